The average molecular weight is 277 g/mol. The quantitative estimate of drug-likeness (QED) is 0.811. The molecule has 3 nitrogen and oxygen atoms in total. The summed E-state index contributed by atoms with van der Waals surface area (Å²) in [5, 5.41) is 0. The Labute approximate surface area is 118 Å². The van der Waals surface area contributed by atoms with E-state index in [-0.39, 0.29) is 11.9 Å². The number of rotatable bonds is 6. The fourth-order valence-corrected chi connectivity index (χ4v) is 2.28. The van der Waals surface area contributed by atoms with E-state index in [0.29, 0.717) is 12.3 Å². The molecule has 0 aliphatic heterocycles. The minimum Gasteiger partial charge on any atom is -0.368 e. The summed E-state index contributed by atoms with van der Waals surface area (Å²) in [6.45, 7) is 0. The molecule has 1 atom stereocenters. The molecule has 2 N–H and O–H groups in total. The number of hydrogen-bond donors (Lipinski definition) is 1. The summed E-state index contributed by atoms with van der Waals surface area (Å²) >= 11 is 5.77. The van der Waals surface area contributed by atoms with Crippen molar-refractivity contribution in [3.8, 4) is 0 Å². The molecule has 0 aliphatic rings. The van der Waals surface area contributed by atoms with Gasteiger partial charge in [-0.3, -0.25) is 4.79 Å². The second-order valence-electron chi connectivity index (χ2n) is 4.54. The van der Waals surface area contributed by atoms with E-state index in [2.05, 4.69) is 12.1 Å². The zero-order valence-electron chi connectivity index (χ0n) is 10.6. The highest BCUT2D eigenvalue weighted by Gasteiger charge is 2.17. The zero-order chi connectivity index (χ0) is 13.7. The molecule has 2 aromatic rings. The minimum atomic E-state index is -0.322. The Hall–Kier alpha value is -1.74. The lowest BCUT2D eigenvalue weighted by Gasteiger charge is -2.15. The van der Waals surface area contributed by atoms with Gasteiger partial charge in [0.2, 0.25) is 5.91 Å². The lowest BCUT2D eigenvalue weighted by molar-refractivity contribution is -0.121. The topological polar surface area (TPSA) is 48.0 Å². The van der Waals surface area contributed by atoms with Crippen LogP contribution in [0.25, 0.3) is 0 Å². The van der Waals surface area contributed by atoms with E-state index in [1.807, 2.05) is 41.2 Å². The van der Waals surface area contributed by atoms with Crippen molar-refractivity contribution in [1.82, 2.24) is 4.57 Å². The summed E-state index contributed by atoms with van der Waals surface area (Å²) in [5.74, 6) is 0.129. The molecule has 0 fully saturated rings. The number of halogens is 1. The Morgan fingerprint density at radius 1 is 1.21 bits per heavy atom. The van der Waals surface area contributed by atoms with Gasteiger partial charge >= 0.3 is 0 Å². The van der Waals surface area contributed by atoms with E-state index in [9.17, 15) is 4.79 Å². The third-order valence-electron chi connectivity index (χ3n) is 3.17. The number of alkyl halides is 1. The maximum absolute atomic E-state index is 11.6. The molecule has 0 bridgehead atoms. The second-order valence-corrected chi connectivity index (χ2v) is 4.81. The van der Waals surface area contributed by atoms with Crippen molar-refractivity contribution in [2.45, 2.75) is 24.8 Å². The third-order valence-corrected chi connectivity index (χ3v) is 3.48. The van der Waals surface area contributed by atoms with E-state index in [1.165, 1.54) is 5.56 Å². The normalized spacial score (nSPS) is 12.3. The molecule has 1 unspecified atom stereocenters. The highest BCUT2D eigenvalue weighted by atomic mass is 35.5. The average Bonchev–Trinajstić information content (AvgIpc) is 2.88. The summed E-state index contributed by atoms with van der Waals surface area (Å²) in [6, 6.07) is 11.7. The van der Waals surface area contributed by atoms with Crippen LogP contribution in [0.3, 0.4) is 0 Å². The van der Waals surface area contributed by atoms with Gasteiger partial charge in [0.05, 0.1) is 0 Å². The molecule has 1 amide bonds. The molecule has 100 valence electrons. The molecular formula is C15H17ClN2O. The third kappa shape index (κ3) is 3.61. The monoisotopic (exact) mass is 276 g/mol. The zero-order valence-corrected chi connectivity index (χ0v) is 11.4. The Balaban J connectivity index is 2.06. The van der Waals surface area contributed by atoms with Gasteiger partial charge in [-0.05, 0) is 30.0 Å². The van der Waals surface area contributed by atoms with E-state index < -0.39 is 0 Å². The predicted molar refractivity (Wildman–Crippen MR) is 77.0 cm³/mol. The summed E-state index contributed by atoms with van der Waals surface area (Å²) in [6.07, 6.45) is 5.25. The van der Waals surface area contributed by atoms with E-state index in [0.717, 1.165) is 12.0 Å². The largest absolute Gasteiger partial charge is 0.368 e. The standard InChI is InChI=1S/C15H17ClN2O/c16-10-13-8-9-18(11-13)14(15(17)19)7-6-12-4-2-1-3-5-12/h1-5,8-9,11,14H,6-7,10H2,(H2,17,19). The Morgan fingerprint density at radius 2 is 1.95 bits per heavy atom. The van der Waals surface area contributed by atoms with Crippen LogP contribution >= 0.6 is 11.6 Å². The van der Waals surface area contributed by atoms with Gasteiger partial charge < -0.3 is 10.3 Å². The SMILES string of the molecule is NC(=O)C(CCc1ccccc1)n1ccc(CCl)c1. The number of nitrogens with zero attached hydrogens (tertiary/aromatic N) is 1. The molecule has 0 spiro atoms. The minimum absolute atomic E-state index is 0.312. The van der Waals surface area contributed by atoms with Crippen LogP contribution in [0.5, 0.6) is 0 Å². The Morgan fingerprint density at radius 3 is 2.53 bits per heavy atom. The molecule has 1 aromatic heterocycles. The van der Waals surface area contributed by atoms with Gasteiger partial charge in [-0.15, -0.1) is 11.6 Å². The molecule has 0 aliphatic carbocycles. The van der Waals surface area contributed by atoms with Crippen molar-refractivity contribution in [2.75, 3.05) is 0 Å². The number of amides is 1. The Bertz CT molecular complexity index is 536. The van der Waals surface area contributed by atoms with Gasteiger partial charge in [-0.25, -0.2) is 0 Å². The van der Waals surface area contributed by atoms with E-state index >= 15 is 0 Å². The molecule has 0 radical (unpaired) electrons. The fraction of sp³-hybridized carbons (Fsp3) is 0.267. The van der Waals surface area contributed by atoms with Gasteiger partial charge in [-0.2, -0.15) is 0 Å². The van der Waals surface area contributed by atoms with Crippen molar-refractivity contribution in [2.24, 2.45) is 5.73 Å². The van der Waals surface area contributed by atoms with Crippen molar-refractivity contribution >= 4 is 17.5 Å². The predicted octanol–water partition coefficient (Wildman–Crippen LogP) is 2.89. The molecular weight excluding hydrogens is 260 g/mol. The summed E-state index contributed by atoms with van der Waals surface area (Å²) in [4.78, 5) is 11.6. The first-order valence-corrected chi connectivity index (χ1v) is 6.79. The van der Waals surface area contributed by atoms with Crippen molar-refractivity contribution in [3.05, 3.63) is 59.9 Å². The highest BCUT2D eigenvalue weighted by molar-refractivity contribution is 6.17. The van der Waals surface area contributed by atoms with Crippen LogP contribution in [0.4, 0.5) is 0 Å². The van der Waals surface area contributed by atoms with Crippen LogP contribution in [-0.2, 0) is 17.1 Å². The number of benzene rings is 1. The molecule has 0 saturated heterocycles. The molecule has 1 aromatic carbocycles. The number of carbonyl (C=O) groups is 1. The summed E-state index contributed by atoms with van der Waals surface area (Å²) in [5.41, 5.74) is 7.69. The van der Waals surface area contributed by atoms with Crippen molar-refractivity contribution in [1.29, 1.82) is 0 Å². The first-order valence-electron chi connectivity index (χ1n) is 6.26. The lowest BCUT2D eigenvalue weighted by atomic mass is 10.0. The molecule has 4 heteroatoms. The van der Waals surface area contributed by atoms with Gasteiger partial charge in [0.15, 0.2) is 0 Å². The number of aromatic nitrogens is 1. The number of primary amides is 1. The number of hydrogen-bond acceptors (Lipinski definition) is 1. The summed E-state index contributed by atoms with van der Waals surface area (Å²) < 4.78 is 1.85. The van der Waals surface area contributed by atoms with Crippen LogP contribution in [-0.4, -0.2) is 10.5 Å². The first kappa shape index (κ1) is 13.7. The maximum atomic E-state index is 11.6. The second kappa shape index (κ2) is 6.43. The number of nitrogens with two attached hydrogens (primary N) is 1. The van der Waals surface area contributed by atoms with Gasteiger partial charge in [0.25, 0.3) is 0 Å². The number of aryl methyl sites for hydroxylation is 1. The van der Waals surface area contributed by atoms with Crippen LogP contribution in [0, 0.1) is 0 Å². The van der Waals surface area contributed by atoms with Crippen LogP contribution in [0.1, 0.15) is 23.6 Å². The summed E-state index contributed by atoms with van der Waals surface area (Å²) in [7, 11) is 0. The lowest BCUT2D eigenvalue weighted by Crippen LogP contribution is -2.26. The smallest absolute Gasteiger partial charge is 0.240 e. The molecule has 19 heavy (non-hydrogen) atoms. The molecule has 2 rings (SSSR count). The van der Waals surface area contributed by atoms with Crippen LogP contribution in [0.2, 0.25) is 0 Å². The first-order chi connectivity index (χ1) is 9.20. The van der Waals surface area contributed by atoms with E-state index in [1.54, 1.807) is 0 Å². The van der Waals surface area contributed by atoms with Gasteiger partial charge in [0, 0.05) is 18.3 Å². The molecule has 0 saturated carbocycles. The van der Waals surface area contributed by atoms with Gasteiger partial charge in [0.1, 0.15) is 6.04 Å². The maximum Gasteiger partial charge on any atom is 0.240 e. The number of carbonyl (C=O) groups excluding carboxylic acids is 1. The van der Waals surface area contributed by atoms with Crippen molar-refractivity contribution in [3.63, 3.8) is 0 Å². The van der Waals surface area contributed by atoms with Crippen molar-refractivity contribution < 1.29 is 4.79 Å². The van der Waals surface area contributed by atoms with Gasteiger partial charge in [-0.1, -0.05) is 30.3 Å². The molecule has 1 heterocycles. The fourth-order valence-electron chi connectivity index (χ4n) is 2.12. The van der Waals surface area contributed by atoms with E-state index in [4.69, 9.17) is 17.3 Å². The Kier molecular flexibility index (Phi) is 4.63. The van der Waals surface area contributed by atoms with Crippen LogP contribution in [0.15, 0.2) is 48.8 Å². The highest BCUT2D eigenvalue weighted by Crippen LogP contribution is 2.17. The van der Waals surface area contributed by atoms with Crippen LogP contribution < -0.4 is 5.73 Å².